The number of para-hydroxylation sites is 2. The Morgan fingerprint density at radius 1 is 1.13 bits per heavy atom. The Hall–Kier alpha value is -2.84. The molecule has 2 aromatic carbocycles. The van der Waals surface area contributed by atoms with Crippen molar-refractivity contribution in [3.8, 4) is 5.75 Å². The molecule has 30 heavy (non-hydrogen) atoms. The summed E-state index contributed by atoms with van der Waals surface area (Å²) in [6.45, 7) is 7.68. The molecule has 0 saturated heterocycles. The molecule has 0 spiro atoms. The van der Waals surface area contributed by atoms with Gasteiger partial charge in [0.05, 0.1) is 5.69 Å². The number of nitrogens with zero attached hydrogens (tertiary/aromatic N) is 3. The number of carbonyl (C=O) groups is 1. The monoisotopic (exact) mass is 425 g/mol. The maximum Gasteiger partial charge on any atom is 0.255 e. The average Bonchev–Trinajstić information content (AvgIpc) is 3.30. The second-order valence-electron chi connectivity index (χ2n) is 6.60. The molecule has 8 heteroatoms. The Kier molecular flexibility index (Phi) is 8.29. The highest BCUT2D eigenvalue weighted by Crippen LogP contribution is 2.25. The molecule has 158 valence electrons. The van der Waals surface area contributed by atoms with E-state index in [-0.39, 0.29) is 5.91 Å². The summed E-state index contributed by atoms with van der Waals surface area (Å²) in [5.74, 6) is 1.27. The maximum absolute atomic E-state index is 12.7. The number of H-pyrrole nitrogens is 1. The van der Waals surface area contributed by atoms with Crippen molar-refractivity contribution in [1.29, 1.82) is 0 Å². The van der Waals surface area contributed by atoms with Crippen molar-refractivity contribution < 1.29 is 9.53 Å². The van der Waals surface area contributed by atoms with Crippen LogP contribution in [0.4, 0.5) is 5.69 Å². The van der Waals surface area contributed by atoms with Gasteiger partial charge >= 0.3 is 0 Å². The summed E-state index contributed by atoms with van der Waals surface area (Å²) in [5.41, 5.74) is 2.38. The van der Waals surface area contributed by atoms with Gasteiger partial charge in [0, 0.05) is 17.9 Å². The number of ether oxygens (including phenoxy) is 1. The van der Waals surface area contributed by atoms with E-state index in [2.05, 4.69) is 39.2 Å². The molecule has 0 bridgehead atoms. The Labute approximate surface area is 181 Å². The number of amides is 1. The van der Waals surface area contributed by atoms with Crippen molar-refractivity contribution in [2.75, 3.05) is 31.6 Å². The fourth-order valence-corrected chi connectivity index (χ4v) is 3.62. The first-order chi connectivity index (χ1) is 14.7. The molecular weight excluding hydrogens is 398 g/mol. The highest BCUT2D eigenvalue weighted by molar-refractivity contribution is 7.98. The molecule has 0 unspecified atom stereocenters. The third-order valence-corrected chi connectivity index (χ3v) is 5.63. The predicted octanol–water partition coefficient (Wildman–Crippen LogP) is 4.07. The fourth-order valence-electron chi connectivity index (χ4n) is 2.88. The van der Waals surface area contributed by atoms with E-state index in [4.69, 9.17) is 4.74 Å². The van der Waals surface area contributed by atoms with Crippen molar-refractivity contribution in [2.24, 2.45) is 0 Å². The molecule has 7 nitrogen and oxygen atoms in total. The van der Waals surface area contributed by atoms with E-state index < -0.39 is 0 Å². The first kappa shape index (κ1) is 21.9. The van der Waals surface area contributed by atoms with Gasteiger partial charge in [-0.05, 0) is 42.9 Å². The van der Waals surface area contributed by atoms with Gasteiger partial charge in [-0.1, -0.05) is 49.9 Å². The molecule has 1 aromatic heterocycles. The van der Waals surface area contributed by atoms with Crippen molar-refractivity contribution in [2.45, 2.75) is 24.8 Å². The van der Waals surface area contributed by atoms with Crippen molar-refractivity contribution in [1.82, 2.24) is 20.1 Å². The number of anilines is 1. The second-order valence-corrected chi connectivity index (χ2v) is 7.57. The van der Waals surface area contributed by atoms with Gasteiger partial charge in [0.15, 0.2) is 5.16 Å². The quantitative estimate of drug-likeness (QED) is 0.451. The number of rotatable bonds is 11. The summed E-state index contributed by atoms with van der Waals surface area (Å²) in [5, 5.41) is 10.4. The Bertz CT molecular complexity index is 912. The number of hydrogen-bond acceptors (Lipinski definition) is 6. The van der Waals surface area contributed by atoms with Crippen molar-refractivity contribution in [3.63, 3.8) is 0 Å². The number of likely N-dealkylation sites (N-methyl/N-ethyl adjacent to an activating group) is 1. The number of thioether (sulfide) groups is 1. The third kappa shape index (κ3) is 6.33. The van der Waals surface area contributed by atoms with E-state index in [9.17, 15) is 4.79 Å². The first-order valence-corrected chi connectivity index (χ1v) is 11.0. The molecule has 3 rings (SSSR count). The minimum absolute atomic E-state index is 0.163. The molecule has 0 aliphatic heterocycles. The van der Waals surface area contributed by atoms with E-state index >= 15 is 0 Å². The number of benzene rings is 2. The zero-order chi connectivity index (χ0) is 21.2. The maximum atomic E-state index is 12.7. The van der Waals surface area contributed by atoms with E-state index in [0.29, 0.717) is 23.6 Å². The van der Waals surface area contributed by atoms with Crippen LogP contribution in [0.2, 0.25) is 0 Å². The Balaban J connectivity index is 1.56. The lowest BCUT2D eigenvalue weighted by Gasteiger charge is -2.19. The smallest absolute Gasteiger partial charge is 0.255 e. The summed E-state index contributed by atoms with van der Waals surface area (Å²) in [4.78, 5) is 19.1. The Morgan fingerprint density at radius 2 is 1.90 bits per heavy atom. The normalized spacial score (nSPS) is 10.9. The topological polar surface area (TPSA) is 83.1 Å². The third-order valence-electron chi connectivity index (χ3n) is 4.68. The molecule has 1 heterocycles. The SMILES string of the molecule is CCN(CC)CCOc1ccccc1NC(=O)c1ccc(CSc2ncn[nH]2)cc1. The average molecular weight is 426 g/mol. The number of carbonyl (C=O) groups excluding carboxylic acids is 1. The minimum atomic E-state index is -0.163. The van der Waals surface area contributed by atoms with Crippen LogP contribution >= 0.6 is 11.8 Å². The van der Waals surface area contributed by atoms with Crippen LogP contribution in [0.15, 0.2) is 60.0 Å². The number of nitrogens with one attached hydrogen (secondary N) is 2. The van der Waals surface area contributed by atoms with Gasteiger partial charge in [0.1, 0.15) is 18.7 Å². The largest absolute Gasteiger partial charge is 0.490 e. The number of aromatic amines is 1. The molecular formula is C22H27N5O2S. The summed E-state index contributed by atoms with van der Waals surface area (Å²) in [7, 11) is 0. The highest BCUT2D eigenvalue weighted by atomic mass is 32.2. The molecule has 0 aliphatic carbocycles. The van der Waals surface area contributed by atoms with Crippen molar-refractivity contribution >= 4 is 23.4 Å². The zero-order valence-electron chi connectivity index (χ0n) is 17.3. The lowest BCUT2D eigenvalue weighted by Crippen LogP contribution is -2.28. The van der Waals surface area contributed by atoms with Gasteiger partial charge in [-0.25, -0.2) is 4.98 Å². The van der Waals surface area contributed by atoms with Gasteiger partial charge < -0.3 is 15.0 Å². The number of hydrogen-bond donors (Lipinski definition) is 2. The zero-order valence-corrected chi connectivity index (χ0v) is 18.1. The molecule has 1 amide bonds. The van der Waals surface area contributed by atoms with Crippen LogP contribution in [-0.4, -0.2) is 52.2 Å². The standard InChI is InChI=1S/C22H27N5O2S/c1-3-27(4-2)13-14-29-20-8-6-5-7-19(20)25-21(28)18-11-9-17(10-12-18)15-30-22-23-16-24-26-22/h5-12,16H,3-4,13-15H2,1-2H3,(H,25,28)(H,23,24,26). The summed E-state index contributed by atoms with van der Waals surface area (Å²) in [6, 6.07) is 15.1. The van der Waals surface area contributed by atoms with Gasteiger partial charge in [-0.3, -0.25) is 9.89 Å². The van der Waals surface area contributed by atoms with Crippen LogP contribution in [0.5, 0.6) is 5.75 Å². The summed E-state index contributed by atoms with van der Waals surface area (Å²) < 4.78 is 5.92. The first-order valence-electron chi connectivity index (χ1n) is 10.0. The van der Waals surface area contributed by atoms with Gasteiger partial charge in [0.25, 0.3) is 5.91 Å². The van der Waals surface area contributed by atoms with Gasteiger partial charge in [0.2, 0.25) is 0 Å². The van der Waals surface area contributed by atoms with Gasteiger partial charge in [-0.2, -0.15) is 5.10 Å². The van der Waals surface area contributed by atoms with E-state index in [1.54, 1.807) is 11.8 Å². The lowest BCUT2D eigenvalue weighted by atomic mass is 10.1. The minimum Gasteiger partial charge on any atom is -0.490 e. The molecule has 0 aliphatic rings. The van der Waals surface area contributed by atoms with Crippen LogP contribution in [0, 0.1) is 0 Å². The number of aromatic nitrogens is 3. The lowest BCUT2D eigenvalue weighted by molar-refractivity contribution is 0.102. The van der Waals surface area contributed by atoms with Crippen LogP contribution in [0.25, 0.3) is 0 Å². The van der Waals surface area contributed by atoms with E-state index in [1.807, 2.05) is 48.5 Å². The molecule has 0 radical (unpaired) electrons. The highest BCUT2D eigenvalue weighted by Gasteiger charge is 2.10. The molecule has 3 aromatic rings. The van der Waals surface area contributed by atoms with E-state index in [0.717, 1.165) is 36.1 Å². The predicted molar refractivity (Wildman–Crippen MR) is 120 cm³/mol. The summed E-state index contributed by atoms with van der Waals surface area (Å²) in [6.07, 6.45) is 1.49. The van der Waals surface area contributed by atoms with Crippen LogP contribution in [0.1, 0.15) is 29.8 Å². The summed E-state index contributed by atoms with van der Waals surface area (Å²) >= 11 is 1.56. The van der Waals surface area contributed by atoms with Crippen molar-refractivity contribution in [3.05, 3.63) is 66.0 Å². The second kappa shape index (κ2) is 11.4. The van der Waals surface area contributed by atoms with Crippen LogP contribution in [0.3, 0.4) is 0 Å². The van der Waals surface area contributed by atoms with E-state index in [1.165, 1.54) is 6.33 Å². The molecule has 0 atom stereocenters. The van der Waals surface area contributed by atoms with Crippen LogP contribution < -0.4 is 10.1 Å². The Morgan fingerprint density at radius 3 is 2.60 bits per heavy atom. The molecule has 2 N–H and O–H groups in total. The molecule has 0 fully saturated rings. The van der Waals surface area contributed by atoms with Crippen LogP contribution in [-0.2, 0) is 5.75 Å². The molecule has 0 saturated carbocycles. The fraction of sp³-hybridized carbons (Fsp3) is 0.318. The van der Waals surface area contributed by atoms with Gasteiger partial charge in [-0.15, -0.1) is 0 Å².